The molecule has 0 aliphatic rings. The normalized spacial score (nSPS) is 10.6. The molecule has 4 aromatic rings. The second kappa shape index (κ2) is 8.87. The summed E-state index contributed by atoms with van der Waals surface area (Å²) in [6.07, 6.45) is 0. The van der Waals surface area contributed by atoms with E-state index in [1.807, 2.05) is 0 Å². The Kier molecular flexibility index (Phi) is 5.97. The summed E-state index contributed by atoms with van der Waals surface area (Å²) < 4.78 is 83.4. The van der Waals surface area contributed by atoms with Crippen LogP contribution in [0.1, 0.15) is 16.7 Å². The van der Waals surface area contributed by atoms with Crippen LogP contribution in [0.4, 0.5) is 26.3 Å². The third kappa shape index (κ3) is 4.49. The Bertz CT molecular complexity index is 1400. The van der Waals surface area contributed by atoms with E-state index in [1.54, 1.807) is 13.0 Å². The maximum absolute atomic E-state index is 14.8. The van der Waals surface area contributed by atoms with Gasteiger partial charge < -0.3 is 0 Å². The smallest absolute Gasteiger partial charge is 0.194 e. The Morgan fingerprint density at radius 3 is 1.82 bits per heavy atom. The van der Waals surface area contributed by atoms with Crippen molar-refractivity contribution >= 4 is 0 Å². The number of hydrogen-bond donors (Lipinski definition) is 0. The largest absolute Gasteiger partial charge is 0.206 e. The Morgan fingerprint density at radius 1 is 0.545 bits per heavy atom. The second-order valence-electron chi connectivity index (χ2n) is 7.33. The predicted octanol–water partition coefficient (Wildman–Crippen LogP) is 7.56. The lowest BCUT2D eigenvalue weighted by molar-refractivity contribution is 0.446. The van der Waals surface area contributed by atoms with Crippen molar-refractivity contribution in [3.05, 3.63) is 118 Å². The molecule has 0 radical (unpaired) electrons. The highest BCUT2D eigenvalue weighted by molar-refractivity contribution is 5.72. The Hall–Kier alpha value is -3.98. The molecule has 0 aromatic heterocycles. The maximum atomic E-state index is 14.8. The van der Waals surface area contributed by atoms with Crippen molar-refractivity contribution in [3.8, 4) is 34.1 Å². The lowest BCUT2D eigenvalue weighted by Gasteiger charge is -2.10. The Balaban J connectivity index is 1.69. The molecular weight excluding hydrogens is 438 g/mol. The van der Waals surface area contributed by atoms with E-state index in [-0.39, 0.29) is 27.8 Å². The first-order chi connectivity index (χ1) is 15.7. The average Bonchev–Trinajstić information content (AvgIpc) is 2.77. The standard InChI is InChI=1S/C27H14F6/c1-15-10-18(21-9-7-17(13-24(21)30)20-4-2-3-5-22(20)28)14-23(29)19(15)8-6-16-11-25(31)27(33)26(32)12-16/h2-5,7,9-14H,1H3. The van der Waals surface area contributed by atoms with Crippen LogP contribution < -0.4 is 0 Å². The summed E-state index contributed by atoms with van der Waals surface area (Å²) in [5.74, 6) is -1.44. The summed E-state index contributed by atoms with van der Waals surface area (Å²) in [5, 5.41) is 0. The summed E-state index contributed by atoms with van der Waals surface area (Å²) in [5.41, 5.74) is 1.08. The number of halogens is 6. The fourth-order valence-electron chi connectivity index (χ4n) is 3.43. The first-order valence-corrected chi connectivity index (χ1v) is 9.76. The van der Waals surface area contributed by atoms with Gasteiger partial charge in [-0.1, -0.05) is 42.2 Å². The number of aryl methyl sites for hydroxylation is 1. The van der Waals surface area contributed by atoms with E-state index in [2.05, 4.69) is 11.8 Å². The molecule has 0 atom stereocenters. The van der Waals surface area contributed by atoms with Crippen molar-refractivity contribution in [2.45, 2.75) is 6.92 Å². The van der Waals surface area contributed by atoms with Gasteiger partial charge in [0.2, 0.25) is 0 Å². The lowest BCUT2D eigenvalue weighted by atomic mass is 9.96. The van der Waals surface area contributed by atoms with Crippen molar-refractivity contribution in [3.63, 3.8) is 0 Å². The van der Waals surface area contributed by atoms with Crippen molar-refractivity contribution < 1.29 is 26.3 Å². The van der Waals surface area contributed by atoms with E-state index in [1.165, 1.54) is 42.5 Å². The highest BCUT2D eigenvalue weighted by Gasteiger charge is 2.14. The van der Waals surface area contributed by atoms with Gasteiger partial charge in [0.15, 0.2) is 17.5 Å². The zero-order valence-electron chi connectivity index (χ0n) is 17.1. The molecule has 0 heterocycles. The predicted molar refractivity (Wildman–Crippen MR) is 114 cm³/mol. The van der Waals surface area contributed by atoms with Crippen molar-refractivity contribution in [1.29, 1.82) is 0 Å². The minimum absolute atomic E-state index is 0.0488. The molecule has 0 nitrogen and oxygen atoms in total. The van der Waals surface area contributed by atoms with E-state index in [0.717, 1.165) is 6.07 Å². The topological polar surface area (TPSA) is 0 Å². The average molecular weight is 452 g/mol. The zero-order valence-corrected chi connectivity index (χ0v) is 17.1. The molecule has 4 aromatic carbocycles. The molecular formula is C27H14F6. The van der Waals surface area contributed by atoms with Gasteiger partial charge in [-0.2, -0.15) is 0 Å². The van der Waals surface area contributed by atoms with Crippen LogP contribution in [0.5, 0.6) is 0 Å². The highest BCUT2D eigenvalue weighted by atomic mass is 19.2. The molecule has 33 heavy (non-hydrogen) atoms. The molecule has 0 amide bonds. The molecule has 0 bridgehead atoms. The van der Waals surface area contributed by atoms with Crippen LogP contribution in [0.15, 0.2) is 66.7 Å². The number of benzene rings is 4. The molecule has 0 fully saturated rings. The van der Waals surface area contributed by atoms with Gasteiger partial charge in [-0.3, -0.25) is 0 Å². The monoisotopic (exact) mass is 452 g/mol. The zero-order chi connectivity index (χ0) is 23.7. The summed E-state index contributed by atoms with van der Waals surface area (Å²) >= 11 is 0. The van der Waals surface area contributed by atoms with E-state index < -0.39 is 34.9 Å². The van der Waals surface area contributed by atoms with Gasteiger partial charge in [0, 0.05) is 16.7 Å². The van der Waals surface area contributed by atoms with Gasteiger partial charge in [-0.05, 0) is 60.0 Å². The van der Waals surface area contributed by atoms with Crippen LogP contribution in [0.2, 0.25) is 0 Å². The van der Waals surface area contributed by atoms with Crippen LogP contribution in [-0.4, -0.2) is 0 Å². The molecule has 6 heteroatoms. The van der Waals surface area contributed by atoms with E-state index >= 15 is 0 Å². The third-order valence-electron chi connectivity index (χ3n) is 5.07. The molecule has 164 valence electrons. The van der Waals surface area contributed by atoms with Gasteiger partial charge in [-0.15, -0.1) is 0 Å². The molecule has 4 rings (SSSR count). The van der Waals surface area contributed by atoms with Crippen molar-refractivity contribution in [1.82, 2.24) is 0 Å². The van der Waals surface area contributed by atoms with Crippen LogP contribution >= 0.6 is 0 Å². The lowest BCUT2D eigenvalue weighted by Crippen LogP contribution is -1.95. The summed E-state index contributed by atoms with van der Waals surface area (Å²) in [6.45, 7) is 1.55. The van der Waals surface area contributed by atoms with Crippen molar-refractivity contribution in [2.75, 3.05) is 0 Å². The quantitative estimate of drug-likeness (QED) is 0.167. The van der Waals surface area contributed by atoms with Gasteiger partial charge >= 0.3 is 0 Å². The SMILES string of the molecule is Cc1cc(-c2ccc(-c3ccccc3F)cc2F)cc(F)c1C#Cc1cc(F)c(F)c(F)c1. The van der Waals surface area contributed by atoms with Gasteiger partial charge in [0.05, 0.1) is 5.56 Å². The summed E-state index contributed by atoms with van der Waals surface area (Å²) in [6, 6.07) is 14.1. The number of rotatable bonds is 2. The molecule has 0 spiro atoms. The molecule has 0 saturated heterocycles. The minimum Gasteiger partial charge on any atom is -0.206 e. The fraction of sp³-hybridized carbons (Fsp3) is 0.0370. The fourth-order valence-corrected chi connectivity index (χ4v) is 3.43. The van der Waals surface area contributed by atoms with Gasteiger partial charge in [0.1, 0.15) is 17.5 Å². The van der Waals surface area contributed by atoms with Crippen LogP contribution in [0.3, 0.4) is 0 Å². The van der Waals surface area contributed by atoms with Gasteiger partial charge in [-0.25, -0.2) is 26.3 Å². The molecule has 0 unspecified atom stereocenters. The van der Waals surface area contributed by atoms with Crippen LogP contribution in [0.25, 0.3) is 22.3 Å². The van der Waals surface area contributed by atoms with E-state index in [0.29, 0.717) is 23.3 Å². The maximum Gasteiger partial charge on any atom is 0.194 e. The summed E-state index contributed by atoms with van der Waals surface area (Å²) in [7, 11) is 0. The molecule has 0 N–H and O–H groups in total. The minimum atomic E-state index is -1.62. The van der Waals surface area contributed by atoms with Crippen LogP contribution in [0, 0.1) is 53.7 Å². The summed E-state index contributed by atoms with van der Waals surface area (Å²) in [4.78, 5) is 0. The third-order valence-corrected chi connectivity index (χ3v) is 5.07. The Morgan fingerprint density at radius 2 is 1.18 bits per heavy atom. The molecule has 0 aliphatic carbocycles. The van der Waals surface area contributed by atoms with Gasteiger partial charge in [0.25, 0.3) is 0 Å². The van der Waals surface area contributed by atoms with Crippen LogP contribution in [-0.2, 0) is 0 Å². The van der Waals surface area contributed by atoms with Crippen molar-refractivity contribution in [2.24, 2.45) is 0 Å². The number of hydrogen-bond acceptors (Lipinski definition) is 0. The first-order valence-electron chi connectivity index (χ1n) is 9.76. The first kappa shape index (κ1) is 22.2. The second-order valence-corrected chi connectivity index (χ2v) is 7.33. The molecule has 0 saturated carbocycles. The highest BCUT2D eigenvalue weighted by Crippen LogP contribution is 2.31. The Labute approximate surface area is 186 Å². The molecule has 0 aliphatic heterocycles. The van der Waals surface area contributed by atoms with E-state index in [4.69, 9.17) is 0 Å². The van der Waals surface area contributed by atoms with E-state index in [9.17, 15) is 26.3 Å².